The van der Waals surface area contributed by atoms with Gasteiger partial charge in [-0.1, -0.05) is 45.0 Å². The van der Waals surface area contributed by atoms with Gasteiger partial charge in [-0.05, 0) is 40.8 Å². The Labute approximate surface area is 194 Å². The van der Waals surface area contributed by atoms with Crippen molar-refractivity contribution in [3.63, 3.8) is 0 Å². The fourth-order valence-corrected chi connectivity index (χ4v) is 3.42. The number of halogens is 3. The van der Waals surface area contributed by atoms with E-state index in [-0.39, 0.29) is 17.9 Å². The van der Waals surface area contributed by atoms with Crippen molar-refractivity contribution in [2.45, 2.75) is 38.9 Å². The number of hydrogen-bond donors (Lipinski definition) is 2. The summed E-state index contributed by atoms with van der Waals surface area (Å²) in [5.74, 6) is 0.562. The van der Waals surface area contributed by atoms with Gasteiger partial charge in [0.2, 0.25) is 0 Å². The highest BCUT2D eigenvalue weighted by atomic mass is 19.4. The average molecular weight is 467 g/mol. The predicted molar refractivity (Wildman–Crippen MR) is 125 cm³/mol. The van der Waals surface area contributed by atoms with Crippen LogP contribution in [0.15, 0.2) is 66.9 Å². The van der Waals surface area contributed by atoms with Gasteiger partial charge in [0.1, 0.15) is 11.6 Å². The van der Waals surface area contributed by atoms with E-state index < -0.39 is 11.7 Å². The number of anilines is 2. The molecule has 2 aromatic carbocycles. The zero-order chi connectivity index (χ0) is 24.5. The molecule has 9 heteroatoms. The number of carbonyl (C=O) groups is 1. The van der Waals surface area contributed by atoms with E-state index in [0.717, 1.165) is 17.7 Å². The smallest absolute Gasteiger partial charge is 0.366 e. The SMILES string of the molecule is CC(C)(C)c1ccc(C(=O)Nc2cc(NCc3ccc(C(F)(F)F)cc3)n3nccc3n2)cc1. The van der Waals surface area contributed by atoms with Gasteiger partial charge in [0, 0.05) is 24.2 Å². The highest BCUT2D eigenvalue weighted by Gasteiger charge is 2.29. The van der Waals surface area contributed by atoms with Crippen molar-refractivity contribution >= 4 is 23.2 Å². The Bertz CT molecular complexity index is 1300. The van der Waals surface area contributed by atoms with Gasteiger partial charge in [0.15, 0.2) is 5.65 Å². The minimum absolute atomic E-state index is 0.0166. The summed E-state index contributed by atoms with van der Waals surface area (Å²) in [7, 11) is 0. The van der Waals surface area contributed by atoms with Crippen molar-refractivity contribution in [1.29, 1.82) is 0 Å². The van der Waals surface area contributed by atoms with Crippen LogP contribution < -0.4 is 10.6 Å². The maximum absolute atomic E-state index is 12.8. The lowest BCUT2D eigenvalue weighted by atomic mass is 9.87. The molecule has 0 aliphatic carbocycles. The minimum Gasteiger partial charge on any atom is -0.366 e. The van der Waals surface area contributed by atoms with Gasteiger partial charge in [0.25, 0.3) is 5.91 Å². The van der Waals surface area contributed by atoms with Crippen molar-refractivity contribution in [3.05, 3.63) is 89.1 Å². The third kappa shape index (κ3) is 5.19. The number of rotatable bonds is 5. The number of benzene rings is 2. The number of nitrogens with zero attached hydrogens (tertiary/aromatic N) is 3. The summed E-state index contributed by atoms with van der Waals surface area (Å²) < 4.78 is 39.9. The van der Waals surface area contributed by atoms with Crippen molar-refractivity contribution in [3.8, 4) is 0 Å². The maximum Gasteiger partial charge on any atom is 0.416 e. The molecule has 0 saturated carbocycles. The highest BCUT2D eigenvalue weighted by Crippen LogP contribution is 2.29. The fourth-order valence-electron chi connectivity index (χ4n) is 3.42. The van der Waals surface area contributed by atoms with Crippen LogP contribution in [0.25, 0.3) is 5.65 Å². The third-order valence-electron chi connectivity index (χ3n) is 5.37. The van der Waals surface area contributed by atoms with Crippen LogP contribution in [0.5, 0.6) is 0 Å². The minimum atomic E-state index is -4.38. The predicted octanol–water partition coefficient (Wildman–Crippen LogP) is 5.91. The van der Waals surface area contributed by atoms with E-state index in [1.807, 2.05) is 12.1 Å². The second kappa shape index (κ2) is 8.81. The van der Waals surface area contributed by atoms with Crippen LogP contribution in [0.3, 0.4) is 0 Å². The van der Waals surface area contributed by atoms with Gasteiger partial charge in [-0.25, -0.2) is 4.98 Å². The maximum atomic E-state index is 12.8. The standard InChI is InChI=1S/C25H24F3N5O/c1-24(2,3)18-10-6-17(7-11-18)23(34)32-20-14-22(33-21(31-20)12-13-30-33)29-15-16-4-8-19(9-5-16)25(26,27)28/h4-14,29H,15H2,1-3H3,(H,31,32,34). The molecule has 0 bridgehead atoms. The Morgan fingerprint density at radius 3 is 2.21 bits per heavy atom. The summed E-state index contributed by atoms with van der Waals surface area (Å²) in [4.78, 5) is 17.2. The Morgan fingerprint density at radius 2 is 1.59 bits per heavy atom. The van der Waals surface area contributed by atoms with Crippen LogP contribution in [0.1, 0.15) is 47.8 Å². The van der Waals surface area contributed by atoms with Gasteiger partial charge < -0.3 is 10.6 Å². The second-order valence-electron chi connectivity index (χ2n) is 8.96. The molecule has 4 aromatic rings. The van der Waals surface area contributed by atoms with E-state index in [0.29, 0.717) is 28.4 Å². The molecule has 0 radical (unpaired) electrons. The Morgan fingerprint density at radius 1 is 0.941 bits per heavy atom. The lowest BCUT2D eigenvalue weighted by Crippen LogP contribution is -2.16. The molecule has 34 heavy (non-hydrogen) atoms. The Kier molecular flexibility index (Phi) is 6.03. The second-order valence-corrected chi connectivity index (χ2v) is 8.96. The summed E-state index contributed by atoms with van der Waals surface area (Å²) in [6.45, 7) is 6.57. The van der Waals surface area contributed by atoms with E-state index in [9.17, 15) is 18.0 Å². The van der Waals surface area contributed by atoms with Crippen LogP contribution in [0, 0.1) is 0 Å². The first-order valence-corrected chi connectivity index (χ1v) is 10.7. The van der Waals surface area contributed by atoms with Crippen LogP contribution in [-0.4, -0.2) is 20.5 Å². The molecule has 0 atom stereocenters. The molecule has 0 spiro atoms. The zero-order valence-corrected chi connectivity index (χ0v) is 18.9. The van der Waals surface area contributed by atoms with Crippen LogP contribution >= 0.6 is 0 Å². The van der Waals surface area contributed by atoms with Crippen molar-refractivity contribution < 1.29 is 18.0 Å². The van der Waals surface area contributed by atoms with Gasteiger partial charge in [0.05, 0.1) is 11.8 Å². The van der Waals surface area contributed by atoms with E-state index >= 15 is 0 Å². The summed E-state index contributed by atoms with van der Waals surface area (Å²) in [6.07, 6.45) is -2.80. The molecule has 0 aliphatic rings. The number of nitrogens with one attached hydrogen (secondary N) is 2. The first-order chi connectivity index (χ1) is 16.0. The number of carbonyl (C=O) groups excluding carboxylic acids is 1. The Balaban J connectivity index is 1.51. The molecule has 6 nitrogen and oxygen atoms in total. The van der Waals surface area contributed by atoms with Gasteiger partial charge in [-0.3, -0.25) is 4.79 Å². The number of amides is 1. The lowest BCUT2D eigenvalue weighted by molar-refractivity contribution is -0.137. The molecule has 176 valence electrons. The molecular formula is C25H24F3N5O. The van der Waals surface area contributed by atoms with Crippen molar-refractivity contribution in [2.75, 3.05) is 10.6 Å². The lowest BCUT2D eigenvalue weighted by Gasteiger charge is -2.19. The van der Waals surface area contributed by atoms with E-state index in [4.69, 9.17) is 0 Å². The fraction of sp³-hybridized carbons (Fsp3) is 0.240. The monoisotopic (exact) mass is 467 g/mol. The quantitative estimate of drug-likeness (QED) is 0.383. The molecule has 0 saturated heterocycles. The molecule has 2 heterocycles. The van der Waals surface area contributed by atoms with Gasteiger partial charge in [-0.15, -0.1) is 0 Å². The summed E-state index contributed by atoms with van der Waals surface area (Å²) >= 11 is 0. The zero-order valence-electron chi connectivity index (χ0n) is 18.9. The van der Waals surface area contributed by atoms with Gasteiger partial charge in [-0.2, -0.15) is 22.8 Å². The van der Waals surface area contributed by atoms with Crippen LogP contribution in [0.4, 0.5) is 24.8 Å². The average Bonchev–Trinajstić information content (AvgIpc) is 3.25. The first-order valence-electron chi connectivity index (χ1n) is 10.7. The highest BCUT2D eigenvalue weighted by molar-refractivity contribution is 6.04. The number of hydrogen-bond acceptors (Lipinski definition) is 4. The molecule has 0 aliphatic heterocycles. The number of fused-ring (bicyclic) bond motifs is 1. The summed E-state index contributed by atoms with van der Waals surface area (Å²) in [6, 6.07) is 15.7. The topological polar surface area (TPSA) is 71.3 Å². The molecule has 2 N–H and O–H groups in total. The van der Waals surface area contributed by atoms with Gasteiger partial charge >= 0.3 is 6.18 Å². The van der Waals surface area contributed by atoms with Crippen molar-refractivity contribution in [1.82, 2.24) is 14.6 Å². The molecule has 2 aromatic heterocycles. The molecular weight excluding hydrogens is 443 g/mol. The van der Waals surface area contributed by atoms with Crippen LogP contribution in [0.2, 0.25) is 0 Å². The van der Waals surface area contributed by atoms with E-state index in [1.54, 1.807) is 35.0 Å². The van der Waals surface area contributed by atoms with Crippen LogP contribution in [-0.2, 0) is 18.1 Å². The normalized spacial score (nSPS) is 12.1. The van der Waals surface area contributed by atoms with E-state index in [1.165, 1.54) is 12.1 Å². The third-order valence-corrected chi connectivity index (χ3v) is 5.37. The summed E-state index contributed by atoms with van der Waals surface area (Å²) in [5, 5.41) is 10.2. The number of aromatic nitrogens is 3. The first kappa shape index (κ1) is 23.3. The summed E-state index contributed by atoms with van der Waals surface area (Å²) in [5.41, 5.74) is 2.08. The Hall–Kier alpha value is -3.88. The molecule has 1 amide bonds. The largest absolute Gasteiger partial charge is 0.416 e. The van der Waals surface area contributed by atoms with Crippen molar-refractivity contribution in [2.24, 2.45) is 0 Å². The molecule has 0 unspecified atom stereocenters. The molecule has 0 fully saturated rings. The molecule has 4 rings (SSSR count). The van der Waals surface area contributed by atoms with E-state index in [2.05, 4.69) is 41.5 Å². The number of alkyl halides is 3.